The summed E-state index contributed by atoms with van der Waals surface area (Å²) in [5, 5.41) is 0. The van der Waals surface area contributed by atoms with E-state index >= 15 is 0 Å². The molecule has 0 aromatic heterocycles. The summed E-state index contributed by atoms with van der Waals surface area (Å²) < 4.78 is 1.38. The molecule has 0 bridgehead atoms. The molecule has 0 fully saturated rings. The molecule has 0 amide bonds. The fourth-order valence-electron chi connectivity index (χ4n) is 0.453. The van der Waals surface area contributed by atoms with E-state index in [0.29, 0.717) is 0 Å². The summed E-state index contributed by atoms with van der Waals surface area (Å²) in [6.45, 7) is 0. The van der Waals surface area contributed by atoms with Gasteiger partial charge in [-0.1, -0.05) is 0 Å². The summed E-state index contributed by atoms with van der Waals surface area (Å²) in [7, 11) is 0. The molecule has 0 saturated carbocycles. The molecule has 1 aromatic rings. The molecule has 3 heteroatoms. The van der Waals surface area contributed by atoms with Crippen LogP contribution in [-0.4, -0.2) is 18.6 Å². The van der Waals surface area contributed by atoms with Gasteiger partial charge >= 0.3 is 53.0 Å². The van der Waals surface area contributed by atoms with Crippen molar-refractivity contribution in [1.29, 1.82) is 0 Å². The summed E-state index contributed by atoms with van der Waals surface area (Å²) in [6.07, 6.45) is 0. The number of benzene rings is 1. The van der Waals surface area contributed by atoms with Gasteiger partial charge < -0.3 is 0 Å². The molecule has 0 heterocycles. The van der Waals surface area contributed by atoms with Crippen molar-refractivity contribution in [3.8, 4) is 0 Å². The molecule has 0 saturated heterocycles. The Kier molecular flexibility index (Phi) is 8.85. The average Bonchev–Trinajstić information content (AvgIpc) is 1.69. The molecule has 0 aliphatic rings. The molecule has 1 rings (SSSR count). The van der Waals surface area contributed by atoms with E-state index in [9.17, 15) is 0 Å². The second-order valence-electron chi connectivity index (χ2n) is 1.41. The topological polar surface area (TPSA) is 0 Å². The van der Waals surface area contributed by atoms with Crippen molar-refractivity contribution in [3.05, 3.63) is 30.3 Å². The first-order valence-electron chi connectivity index (χ1n) is 2.20. The molecule has 0 aliphatic heterocycles. The van der Waals surface area contributed by atoms with Crippen LogP contribution in [0.3, 0.4) is 0 Å². The first-order chi connectivity index (χ1) is 3.39. The normalized spacial score (nSPS) is 6.67. The van der Waals surface area contributed by atoms with Crippen LogP contribution < -0.4 is 4.12 Å². The predicted octanol–water partition coefficient (Wildman–Crippen LogP) is 1.32. The van der Waals surface area contributed by atoms with Crippen LogP contribution in [0.1, 0.15) is 0 Å². The Morgan fingerprint density at radius 2 is 1.33 bits per heavy atom. The third-order valence-corrected chi connectivity index (χ3v) is 1.61. The fraction of sp³-hybridized carbons (Fsp3) is 0. The van der Waals surface area contributed by atoms with Crippen LogP contribution in [0, 0.1) is 0 Å². The van der Waals surface area contributed by atoms with E-state index in [1.165, 1.54) is 4.12 Å². The molecular formula is C6H7Cl2Ga. The van der Waals surface area contributed by atoms with Gasteiger partial charge in [-0.05, 0) is 0 Å². The van der Waals surface area contributed by atoms with Gasteiger partial charge in [-0.3, -0.25) is 0 Å². The van der Waals surface area contributed by atoms with Gasteiger partial charge in [0.05, 0.1) is 0 Å². The van der Waals surface area contributed by atoms with Gasteiger partial charge in [-0.2, -0.15) is 0 Å². The number of hydrogen-bond donors (Lipinski definition) is 0. The van der Waals surface area contributed by atoms with Gasteiger partial charge in [0, 0.05) is 0 Å². The van der Waals surface area contributed by atoms with Crippen molar-refractivity contribution in [2.75, 3.05) is 0 Å². The zero-order valence-corrected chi connectivity index (χ0v) is 8.84. The standard InChI is InChI=1S/C6H5.2ClH.Ga/c1-2-4-6-5-3-1;;;/h1-5H;2*1H;. The Balaban J connectivity index is 0. The molecule has 0 atom stereocenters. The number of halogens is 2. The molecule has 1 aromatic carbocycles. The summed E-state index contributed by atoms with van der Waals surface area (Å²) in [5.74, 6) is 0. The van der Waals surface area contributed by atoms with Gasteiger partial charge in [0.1, 0.15) is 0 Å². The van der Waals surface area contributed by atoms with E-state index in [1.54, 1.807) is 18.6 Å². The van der Waals surface area contributed by atoms with Gasteiger partial charge in [0.25, 0.3) is 0 Å². The summed E-state index contributed by atoms with van der Waals surface area (Å²) >= 11 is 1.67. The summed E-state index contributed by atoms with van der Waals surface area (Å²) in [5.41, 5.74) is 0. The van der Waals surface area contributed by atoms with Crippen molar-refractivity contribution in [2.24, 2.45) is 0 Å². The Hall–Kier alpha value is 0.436. The van der Waals surface area contributed by atoms with E-state index in [2.05, 4.69) is 24.3 Å². The molecule has 48 valence electrons. The minimum absolute atomic E-state index is 0. The third-order valence-electron chi connectivity index (χ3n) is 0.800. The molecule has 9 heavy (non-hydrogen) atoms. The van der Waals surface area contributed by atoms with Gasteiger partial charge in [-0.25, -0.2) is 0 Å². The Labute approximate surface area is 77.8 Å². The molecule has 0 unspecified atom stereocenters. The predicted molar refractivity (Wildman–Crippen MR) is 46.3 cm³/mol. The van der Waals surface area contributed by atoms with E-state index in [-0.39, 0.29) is 24.8 Å². The van der Waals surface area contributed by atoms with Crippen molar-refractivity contribution in [3.63, 3.8) is 0 Å². The second kappa shape index (κ2) is 6.55. The van der Waals surface area contributed by atoms with Crippen LogP contribution in [0.5, 0.6) is 0 Å². The SMILES string of the molecule is Cl.Cl.[Ga][c]1ccccc1. The van der Waals surface area contributed by atoms with Crippen LogP contribution in [0.25, 0.3) is 0 Å². The monoisotopic (exact) mass is 218 g/mol. The molecule has 0 N–H and O–H groups in total. The van der Waals surface area contributed by atoms with Crippen LogP contribution in [0.4, 0.5) is 0 Å². The van der Waals surface area contributed by atoms with Crippen molar-refractivity contribution >= 4 is 47.5 Å². The van der Waals surface area contributed by atoms with E-state index in [4.69, 9.17) is 0 Å². The maximum absolute atomic E-state index is 2.11. The first-order valence-corrected chi connectivity index (χ1v) is 3.41. The van der Waals surface area contributed by atoms with Gasteiger partial charge in [0.15, 0.2) is 0 Å². The zero-order valence-electron chi connectivity index (χ0n) is 4.78. The van der Waals surface area contributed by atoms with Crippen molar-refractivity contribution in [1.82, 2.24) is 0 Å². The number of hydrogen-bond acceptors (Lipinski definition) is 0. The Morgan fingerprint density at radius 1 is 0.889 bits per heavy atom. The molecule has 2 radical (unpaired) electrons. The van der Waals surface area contributed by atoms with Crippen LogP contribution in [0.2, 0.25) is 0 Å². The van der Waals surface area contributed by atoms with Crippen LogP contribution in [0.15, 0.2) is 30.3 Å². The second-order valence-corrected chi connectivity index (χ2v) is 2.81. The Bertz CT molecular complexity index is 141. The summed E-state index contributed by atoms with van der Waals surface area (Å²) in [6, 6.07) is 10.4. The van der Waals surface area contributed by atoms with Gasteiger partial charge in [-0.15, -0.1) is 24.8 Å². The quantitative estimate of drug-likeness (QED) is 0.578. The average molecular weight is 220 g/mol. The van der Waals surface area contributed by atoms with Crippen LogP contribution >= 0.6 is 24.8 Å². The zero-order chi connectivity index (χ0) is 5.11. The van der Waals surface area contributed by atoms with E-state index < -0.39 is 0 Å². The molecule has 0 aliphatic carbocycles. The first kappa shape index (κ1) is 12.1. The van der Waals surface area contributed by atoms with Crippen molar-refractivity contribution < 1.29 is 0 Å². The molecular weight excluding hydrogens is 213 g/mol. The molecule has 0 nitrogen and oxygen atoms in total. The minimum atomic E-state index is 0. The fourth-order valence-corrected chi connectivity index (χ4v) is 0.919. The molecule has 0 spiro atoms. The maximum atomic E-state index is 2.11. The van der Waals surface area contributed by atoms with E-state index in [0.717, 1.165) is 0 Å². The number of rotatable bonds is 0. The van der Waals surface area contributed by atoms with Crippen molar-refractivity contribution in [2.45, 2.75) is 0 Å². The third kappa shape index (κ3) is 4.91. The van der Waals surface area contributed by atoms with Gasteiger partial charge in [0.2, 0.25) is 0 Å². The Morgan fingerprint density at radius 3 is 1.56 bits per heavy atom. The van der Waals surface area contributed by atoms with E-state index in [1.807, 2.05) is 6.07 Å². The van der Waals surface area contributed by atoms with Crippen LogP contribution in [-0.2, 0) is 0 Å². The summed E-state index contributed by atoms with van der Waals surface area (Å²) in [4.78, 5) is 0.